The van der Waals surface area contributed by atoms with Crippen LogP contribution in [0.3, 0.4) is 0 Å². The Balaban J connectivity index is 2.29. The summed E-state index contributed by atoms with van der Waals surface area (Å²) < 4.78 is 3.81. The molecule has 3 rings (SSSR count). The minimum atomic E-state index is -0.0907. The van der Waals surface area contributed by atoms with E-state index in [2.05, 4.69) is 61.6 Å². The van der Waals surface area contributed by atoms with Gasteiger partial charge in [-0.25, -0.2) is 0 Å². The van der Waals surface area contributed by atoms with Gasteiger partial charge in [0.1, 0.15) is 5.75 Å². The monoisotopic (exact) mass is 513 g/mol. The number of benzene rings is 1. The van der Waals surface area contributed by atoms with Gasteiger partial charge in [-0.2, -0.15) is 0 Å². The zero-order valence-electron chi connectivity index (χ0n) is 13.0. The number of carbonyl (C=O) groups excluding carboxylic acids is 1. The fourth-order valence-electron chi connectivity index (χ4n) is 2.78. The molecule has 2 heterocycles. The van der Waals surface area contributed by atoms with Gasteiger partial charge in [0.25, 0.3) is 0 Å². The fraction of sp³-hybridized carbons (Fsp3) is 0.167. The second-order valence-corrected chi connectivity index (χ2v) is 8.31. The Hall–Kier alpha value is -1.11. The van der Waals surface area contributed by atoms with Gasteiger partial charge >= 0.3 is 0 Å². The molecule has 6 heteroatoms. The lowest BCUT2D eigenvalue weighted by Crippen LogP contribution is -2.09. The van der Waals surface area contributed by atoms with Crippen LogP contribution in [0.1, 0.15) is 41.4 Å². The van der Waals surface area contributed by atoms with Crippen LogP contribution in [0.4, 0.5) is 0 Å². The number of hydrogen-bond acceptors (Lipinski definition) is 2. The molecule has 0 unspecified atom stereocenters. The molecule has 0 amide bonds. The fourth-order valence-corrected chi connectivity index (χ4v) is 4.94. The average Bonchev–Trinajstić information content (AvgIpc) is 2.85. The summed E-state index contributed by atoms with van der Waals surface area (Å²) in [5, 5.41) is 9.88. The number of ketones is 1. The van der Waals surface area contributed by atoms with Crippen molar-refractivity contribution in [2.24, 2.45) is 0 Å². The maximum Gasteiger partial charge on any atom is 0.210 e. The summed E-state index contributed by atoms with van der Waals surface area (Å²) in [6.07, 6.45) is 1.89. The number of carbonyl (C=O) groups is 1. The number of phenols is 1. The van der Waals surface area contributed by atoms with Gasteiger partial charge < -0.3 is 9.51 Å². The van der Waals surface area contributed by atoms with Gasteiger partial charge in [0.15, 0.2) is 0 Å². The van der Waals surface area contributed by atoms with Crippen LogP contribution in [-0.2, 0) is 0 Å². The molecule has 1 aromatic carbocycles. The minimum Gasteiger partial charge on any atom is -0.506 e. The van der Waals surface area contributed by atoms with Gasteiger partial charge in [0, 0.05) is 16.2 Å². The van der Waals surface area contributed by atoms with Crippen molar-refractivity contribution in [1.82, 2.24) is 4.40 Å². The van der Waals surface area contributed by atoms with E-state index in [1.54, 1.807) is 12.1 Å². The van der Waals surface area contributed by atoms with Crippen molar-refractivity contribution in [3.63, 3.8) is 0 Å². The Bertz CT molecular complexity index is 937. The van der Waals surface area contributed by atoms with E-state index >= 15 is 0 Å². The highest BCUT2D eigenvalue weighted by atomic mass is 79.9. The molecular weight excluding hydrogens is 502 g/mol. The molecule has 3 aromatic rings. The molecule has 0 saturated heterocycles. The third-order valence-electron chi connectivity index (χ3n) is 3.89. The maximum atomic E-state index is 13.2. The molecule has 0 atom stereocenters. The number of hydrogen-bond donors (Lipinski definition) is 1. The topological polar surface area (TPSA) is 41.7 Å². The number of aromatic hydroxyl groups is 1. The molecule has 0 fully saturated rings. The SMILES string of the molecule is CC(C)c1c(Br)c2ccccn2c1C(=O)c1cc(Br)c(O)c(Br)c1. The molecule has 0 spiro atoms. The van der Waals surface area contributed by atoms with Gasteiger partial charge in [-0.15, -0.1) is 0 Å². The van der Waals surface area contributed by atoms with E-state index in [-0.39, 0.29) is 17.5 Å². The van der Waals surface area contributed by atoms with E-state index in [0.717, 1.165) is 15.6 Å². The summed E-state index contributed by atoms with van der Waals surface area (Å²) in [6.45, 7) is 4.14. The third kappa shape index (κ3) is 2.85. The van der Waals surface area contributed by atoms with E-state index in [1.807, 2.05) is 28.8 Å². The van der Waals surface area contributed by atoms with Crippen LogP contribution in [0.25, 0.3) is 5.52 Å². The van der Waals surface area contributed by atoms with E-state index in [9.17, 15) is 9.90 Å². The normalized spacial score (nSPS) is 11.4. The molecule has 0 saturated carbocycles. The van der Waals surface area contributed by atoms with Gasteiger partial charge in [-0.1, -0.05) is 19.9 Å². The highest BCUT2D eigenvalue weighted by Crippen LogP contribution is 2.38. The molecule has 0 aliphatic heterocycles. The number of aromatic nitrogens is 1. The quantitative estimate of drug-likeness (QED) is 0.417. The summed E-state index contributed by atoms with van der Waals surface area (Å²) in [5.41, 5.74) is 3.08. The van der Waals surface area contributed by atoms with Crippen molar-refractivity contribution in [2.45, 2.75) is 19.8 Å². The van der Waals surface area contributed by atoms with Crippen molar-refractivity contribution in [3.8, 4) is 5.75 Å². The zero-order valence-corrected chi connectivity index (χ0v) is 17.7. The number of halogens is 3. The van der Waals surface area contributed by atoms with Crippen LogP contribution in [-0.4, -0.2) is 15.3 Å². The molecule has 1 N–H and O–H groups in total. The first-order valence-electron chi connectivity index (χ1n) is 7.34. The van der Waals surface area contributed by atoms with Crippen LogP contribution < -0.4 is 0 Å². The molecule has 124 valence electrons. The first-order chi connectivity index (χ1) is 11.3. The highest BCUT2D eigenvalue weighted by molar-refractivity contribution is 9.11. The number of fused-ring (bicyclic) bond motifs is 1. The van der Waals surface area contributed by atoms with Crippen molar-refractivity contribution < 1.29 is 9.90 Å². The molecule has 0 radical (unpaired) electrons. The van der Waals surface area contributed by atoms with Crippen molar-refractivity contribution in [3.05, 3.63) is 66.8 Å². The summed E-state index contributed by atoms with van der Waals surface area (Å²) in [6, 6.07) is 9.12. The Labute approximate surface area is 165 Å². The lowest BCUT2D eigenvalue weighted by molar-refractivity contribution is 0.103. The standard InChI is InChI=1S/C18H14Br3NO2/c1-9(2)14-15(21)13-5-3-4-6-22(13)16(14)17(23)10-7-11(19)18(24)12(20)8-10/h3-9,24H,1-2H3. The van der Waals surface area contributed by atoms with E-state index in [4.69, 9.17) is 0 Å². The summed E-state index contributed by atoms with van der Waals surface area (Å²) >= 11 is 10.2. The van der Waals surface area contributed by atoms with E-state index in [0.29, 0.717) is 20.2 Å². The van der Waals surface area contributed by atoms with E-state index < -0.39 is 0 Å². The second kappa shape index (κ2) is 6.65. The molecule has 0 aliphatic rings. The Morgan fingerprint density at radius 1 is 1.12 bits per heavy atom. The summed E-state index contributed by atoms with van der Waals surface area (Å²) in [5.74, 6) is 0.172. The summed E-state index contributed by atoms with van der Waals surface area (Å²) in [4.78, 5) is 13.2. The maximum absolute atomic E-state index is 13.2. The first-order valence-corrected chi connectivity index (χ1v) is 9.72. The molecule has 24 heavy (non-hydrogen) atoms. The average molecular weight is 516 g/mol. The minimum absolute atomic E-state index is 0.0804. The number of rotatable bonds is 3. The van der Waals surface area contributed by atoms with Crippen LogP contribution >= 0.6 is 47.8 Å². The Morgan fingerprint density at radius 2 is 1.75 bits per heavy atom. The predicted molar refractivity (Wildman–Crippen MR) is 106 cm³/mol. The summed E-state index contributed by atoms with van der Waals surface area (Å²) in [7, 11) is 0. The number of nitrogens with zero attached hydrogens (tertiary/aromatic N) is 1. The molecule has 3 nitrogen and oxygen atoms in total. The lowest BCUT2D eigenvalue weighted by Gasteiger charge is -2.10. The van der Waals surface area contributed by atoms with Crippen LogP contribution in [0.2, 0.25) is 0 Å². The second-order valence-electron chi connectivity index (χ2n) is 5.80. The molecule has 0 aliphatic carbocycles. The first kappa shape index (κ1) is 17.7. The molecule has 0 bridgehead atoms. The highest BCUT2D eigenvalue weighted by Gasteiger charge is 2.25. The van der Waals surface area contributed by atoms with Crippen LogP contribution in [0.15, 0.2) is 49.9 Å². The van der Waals surface area contributed by atoms with Crippen LogP contribution in [0, 0.1) is 0 Å². The Morgan fingerprint density at radius 3 is 2.33 bits per heavy atom. The smallest absolute Gasteiger partial charge is 0.210 e. The van der Waals surface area contributed by atoms with Gasteiger partial charge in [-0.05, 0) is 83.5 Å². The van der Waals surface area contributed by atoms with E-state index in [1.165, 1.54) is 0 Å². The number of pyridine rings is 1. The predicted octanol–water partition coefficient (Wildman–Crippen LogP) is 6.29. The molecular formula is C18H14Br3NO2. The molecule has 2 aromatic heterocycles. The van der Waals surface area contributed by atoms with Crippen molar-refractivity contribution in [1.29, 1.82) is 0 Å². The zero-order chi connectivity index (χ0) is 17.6. The van der Waals surface area contributed by atoms with Gasteiger partial charge in [-0.3, -0.25) is 4.79 Å². The van der Waals surface area contributed by atoms with Gasteiger partial charge in [0.05, 0.1) is 20.2 Å². The van der Waals surface area contributed by atoms with Gasteiger partial charge in [0.2, 0.25) is 5.78 Å². The van der Waals surface area contributed by atoms with Crippen molar-refractivity contribution >= 4 is 59.1 Å². The number of phenolic OH excluding ortho intramolecular Hbond substituents is 1. The van der Waals surface area contributed by atoms with Crippen LogP contribution in [0.5, 0.6) is 5.75 Å². The van der Waals surface area contributed by atoms with Crippen molar-refractivity contribution in [2.75, 3.05) is 0 Å². The lowest BCUT2D eigenvalue weighted by atomic mass is 9.98. The Kier molecular flexibility index (Phi) is 4.91. The third-order valence-corrected chi connectivity index (χ3v) is 5.93. The largest absolute Gasteiger partial charge is 0.506 e.